The quantitative estimate of drug-likeness (QED) is 0.514. The number of hydrogen-bond acceptors (Lipinski definition) is 7. The Kier molecular flexibility index (Phi) is 9.80. The molecule has 1 heterocycles. The van der Waals surface area contributed by atoms with E-state index < -0.39 is 23.3 Å². The molecule has 0 saturated carbocycles. The molecule has 0 radical (unpaired) electrons. The molecule has 0 aromatic heterocycles. The number of thioether (sulfide) groups is 2. The molecule has 7 nitrogen and oxygen atoms in total. The number of nitrogens with zero attached hydrogens (tertiary/aromatic N) is 1. The highest BCUT2D eigenvalue weighted by molar-refractivity contribution is 8.15. The number of benzene rings is 2. The Balaban J connectivity index is 1.66. The van der Waals surface area contributed by atoms with E-state index in [0.717, 1.165) is 28.5 Å². The lowest BCUT2D eigenvalue weighted by Gasteiger charge is -2.36. The third kappa shape index (κ3) is 7.35. The van der Waals surface area contributed by atoms with Crippen molar-refractivity contribution < 1.29 is 23.9 Å². The van der Waals surface area contributed by atoms with Crippen LogP contribution < -0.4 is 5.32 Å². The molecule has 1 aliphatic rings. The van der Waals surface area contributed by atoms with Crippen molar-refractivity contribution in [3.8, 4) is 0 Å². The molecule has 3 rings (SSSR count). The summed E-state index contributed by atoms with van der Waals surface area (Å²) < 4.78 is 4.94. The summed E-state index contributed by atoms with van der Waals surface area (Å²) in [6.45, 7) is 3.28. The molecule has 186 valence electrons. The van der Waals surface area contributed by atoms with Gasteiger partial charge in [0.05, 0.1) is 7.11 Å². The molecule has 0 saturated heterocycles. The molecule has 35 heavy (non-hydrogen) atoms. The standard InChI is InChI=1S/C26H30N2O5S2/c1-17(25(31)28-14-21-12-8-7-11-20(21)13-22(28)26(32)33-3)27-24(30)23(35-18(2)29)16-34-15-19-9-5-4-6-10-19/h4-12,17,22-23H,13-16H2,1-3H3,(H,27,30)/t17-,22-,23+/m0/s1. The zero-order valence-corrected chi connectivity index (χ0v) is 21.7. The number of carbonyl (C=O) groups excluding carboxylic acids is 4. The average Bonchev–Trinajstić information content (AvgIpc) is 2.86. The Morgan fingerprint density at radius 2 is 1.71 bits per heavy atom. The molecular weight excluding hydrogens is 484 g/mol. The van der Waals surface area contributed by atoms with Crippen molar-refractivity contribution in [2.75, 3.05) is 12.9 Å². The van der Waals surface area contributed by atoms with Crippen LogP contribution in [0.2, 0.25) is 0 Å². The third-order valence-electron chi connectivity index (χ3n) is 5.72. The third-order valence-corrected chi connectivity index (χ3v) is 8.03. The first kappa shape index (κ1) is 26.8. The van der Waals surface area contributed by atoms with Crippen molar-refractivity contribution in [1.82, 2.24) is 10.2 Å². The minimum atomic E-state index is -0.867. The van der Waals surface area contributed by atoms with E-state index in [-0.39, 0.29) is 23.5 Å². The van der Waals surface area contributed by atoms with Gasteiger partial charge in [0.2, 0.25) is 11.8 Å². The van der Waals surface area contributed by atoms with Gasteiger partial charge in [-0.1, -0.05) is 66.4 Å². The van der Waals surface area contributed by atoms with Gasteiger partial charge >= 0.3 is 5.97 Å². The Morgan fingerprint density at radius 1 is 1.06 bits per heavy atom. The topological polar surface area (TPSA) is 92.8 Å². The minimum absolute atomic E-state index is 0.164. The predicted molar refractivity (Wildman–Crippen MR) is 139 cm³/mol. The molecule has 2 aromatic rings. The van der Waals surface area contributed by atoms with Crippen molar-refractivity contribution in [1.29, 1.82) is 0 Å². The summed E-state index contributed by atoms with van der Waals surface area (Å²) in [6.07, 6.45) is 0.355. The molecule has 9 heteroatoms. The summed E-state index contributed by atoms with van der Waals surface area (Å²) in [5, 5.41) is 1.97. The van der Waals surface area contributed by atoms with Crippen molar-refractivity contribution >= 4 is 46.4 Å². The smallest absolute Gasteiger partial charge is 0.328 e. The molecular formula is C26H30N2O5S2. The second-order valence-electron chi connectivity index (χ2n) is 8.31. The predicted octanol–water partition coefficient (Wildman–Crippen LogP) is 3.20. The largest absolute Gasteiger partial charge is 0.467 e. The Morgan fingerprint density at radius 3 is 2.37 bits per heavy atom. The van der Waals surface area contributed by atoms with Gasteiger partial charge in [-0.05, 0) is 23.6 Å². The van der Waals surface area contributed by atoms with Crippen LogP contribution in [0, 0.1) is 0 Å². The van der Waals surface area contributed by atoms with E-state index in [9.17, 15) is 19.2 Å². The summed E-state index contributed by atoms with van der Waals surface area (Å²) in [5.41, 5.74) is 3.09. The van der Waals surface area contributed by atoms with Crippen LogP contribution >= 0.6 is 23.5 Å². The highest BCUT2D eigenvalue weighted by atomic mass is 32.2. The summed E-state index contributed by atoms with van der Waals surface area (Å²) in [7, 11) is 1.30. The number of esters is 1. The van der Waals surface area contributed by atoms with Gasteiger partial charge < -0.3 is 15.0 Å². The molecule has 0 fully saturated rings. The maximum absolute atomic E-state index is 13.3. The Hall–Kier alpha value is -2.78. The average molecular weight is 515 g/mol. The molecule has 2 amide bonds. The van der Waals surface area contributed by atoms with Crippen LogP contribution in [0.3, 0.4) is 0 Å². The zero-order chi connectivity index (χ0) is 25.4. The maximum atomic E-state index is 13.3. The fourth-order valence-corrected chi connectivity index (χ4v) is 5.99. The van der Waals surface area contributed by atoms with E-state index >= 15 is 0 Å². The van der Waals surface area contributed by atoms with Crippen LogP contribution in [0.1, 0.15) is 30.5 Å². The van der Waals surface area contributed by atoms with Crippen LogP contribution in [0.4, 0.5) is 0 Å². The molecule has 3 atom stereocenters. The van der Waals surface area contributed by atoms with Crippen molar-refractivity contribution in [3.63, 3.8) is 0 Å². The van der Waals surface area contributed by atoms with Gasteiger partial charge in [0.15, 0.2) is 5.12 Å². The molecule has 0 aliphatic carbocycles. The molecule has 0 unspecified atom stereocenters. The molecule has 1 aliphatic heterocycles. The number of ether oxygens (including phenoxy) is 1. The van der Waals surface area contributed by atoms with Crippen LogP contribution in [-0.2, 0) is 42.6 Å². The van der Waals surface area contributed by atoms with Gasteiger partial charge in [0, 0.05) is 31.4 Å². The van der Waals surface area contributed by atoms with E-state index in [4.69, 9.17) is 4.74 Å². The fraction of sp³-hybridized carbons (Fsp3) is 0.385. The number of rotatable bonds is 9. The van der Waals surface area contributed by atoms with Gasteiger partial charge in [-0.2, -0.15) is 11.8 Å². The first-order valence-corrected chi connectivity index (χ1v) is 13.4. The molecule has 2 aromatic carbocycles. The van der Waals surface area contributed by atoms with Crippen LogP contribution in [0.5, 0.6) is 0 Å². The normalized spacial score (nSPS) is 16.5. The van der Waals surface area contributed by atoms with Crippen molar-refractivity contribution in [3.05, 3.63) is 71.3 Å². The monoisotopic (exact) mass is 514 g/mol. The van der Waals surface area contributed by atoms with Gasteiger partial charge in [-0.15, -0.1) is 0 Å². The zero-order valence-electron chi connectivity index (χ0n) is 20.1. The van der Waals surface area contributed by atoms with E-state index in [1.807, 2.05) is 54.6 Å². The van der Waals surface area contributed by atoms with Crippen molar-refractivity contribution in [2.45, 2.75) is 49.9 Å². The number of amides is 2. The van der Waals surface area contributed by atoms with E-state index in [1.54, 1.807) is 18.7 Å². The van der Waals surface area contributed by atoms with E-state index in [1.165, 1.54) is 18.9 Å². The first-order chi connectivity index (χ1) is 16.8. The highest BCUT2D eigenvalue weighted by Gasteiger charge is 2.37. The minimum Gasteiger partial charge on any atom is -0.467 e. The van der Waals surface area contributed by atoms with Crippen molar-refractivity contribution in [2.24, 2.45) is 0 Å². The number of methoxy groups -OCH3 is 1. The molecule has 0 bridgehead atoms. The second-order valence-corrected chi connectivity index (χ2v) is 10.7. The number of carbonyl (C=O) groups is 4. The molecule has 0 spiro atoms. The maximum Gasteiger partial charge on any atom is 0.328 e. The summed E-state index contributed by atoms with van der Waals surface area (Å²) >= 11 is 2.52. The summed E-state index contributed by atoms with van der Waals surface area (Å²) in [5.74, 6) is -0.0987. The van der Waals surface area contributed by atoms with Crippen LogP contribution in [0.15, 0.2) is 54.6 Å². The Bertz CT molecular complexity index is 1060. The number of fused-ring (bicyclic) bond motifs is 1. The van der Waals surface area contributed by atoms with E-state index in [2.05, 4.69) is 5.32 Å². The lowest BCUT2D eigenvalue weighted by atomic mass is 9.93. The lowest BCUT2D eigenvalue weighted by molar-refractivity contribution is -0.154. The first-order valence-electron chi connectivity index (χ1n) is 11.3. The SMILES string of the molecule is COC(=O)[C@@H]1Cc2ccccc2CN1C(=O)[C@H](C)NC(=O)[C@@H](CSCc1ccccc1)SC(C)=O. The number of nitrogens with one attached hydrogen (secondary N) is 1. The number of hydrogen-bond donors (Lipinski definition) is 1. The molecule has 1 N–H and O–H groups in total. The van der Waals surface area contributed by atoms with Gasteiger partial charge in [-0.25, -0.2) is 4.79 Å². The second kappa shape index (κ2) is 12.8. The van der Waals surface area contributed by atoms with Gasteiger partial charge in [0.25, 0.3) is 0 Å². The van der Waals surface area contributed by atoms with Crippen LogP contribution in [0.25, 0.3) is 0 Å². The van der Waals surface area contributed by atoms with Crippen LogP contribution in [-0.4, -0.2) is 58.0 Å². The highest BCUT2D eigenvalue weighted by Crippen LogP contribution is 2.25. The summed E-state index contributed by atoms with van der Waals surface area (Å²) in [4.78, 5) is 52.1. The van der Waals surface area contributed by atoms with E-state index in [0.29, 0.717) is 17.9 Å². The summed E-state index contributed by atoms with van der Waals surface area (Å²) in [6, 6.07) is 15.9. The fourth-order valence-electron chi connectivity index (χ4n) is 3.94. The Labute approximate surface area is 214 Å². The van der Waals surface area contributed by atoms with Gasteiger partial charge in [0.1, 0.15) is 17.3 Å². The lowest BCUT2D eigenvalue weighted by Crippen LogP contribution is -2.56. The van der Waals surface area contributed by atoms with Gasteiger partial charge in [-0.3, -0.25) is 14.4 Å².